The summed E-state index contributed by atoms with van der Waals surface area (Å²) in [4.78, 5) is 0. The predicted octanol–water partition coefficient (Wildman–Crippen LogP) is 2.75. The minimum Gasteiger partial charge on any atom is -0.377 e. The molecule has 106 valence electrons. The average molecular weight is 272 g/mol. The van der Waals surface area contributed by atoms with Gasteiger partial charge in [0.2, 0.25) is 0 Å². The Balaban J connectivity index is 1.45. The van der Waals surface area contributed by atoms with Crippen molar-refractivity contribution in [2.75, 3.05) is 19.8 Å². The molecule has 1 aromatic carbocycles. The Kier molecular flexibility index (Phi) is 4.46. The Labute approximate surface area is 119 Å². The number of nitrogens with zero attached hydrogens (tertiary/aromatic N) is 2. The maximum atomic E-state index is 5.65. The summed E-state index contributed by atoms with van der Waals surface area (Å²) in [7, 11) is 0. The molecule has 20 heavy (non-hydrogen) atoms. The van der Waals surface area contributed by atoms with Crippen LogP contribution in [-0.2, 0) is 16.0 Å². The zero-order chi connectivity index (χ0) is 13.6. The Morgan fingerprint density at radius 3 is 2.95 bits per heavy atom. The second-order valence-corrected chi connectivity index (χ2v) is 5.07. The van der Waals surface area contributed by atoms with E-state index in [2.05, 4.69) is 23.4 Å². The number of hydrogen-bond donors (Lipinski definition) is 0. The van der Waals surface area contributed by atoms with Gasteiger partial charge in [0.25, 0.3) is 0 Å². The van der Waals surface area contributed by atoms with Gasteiger partial charge in [0.15, 0.2) is 0 Å². The van der Waals surface area contributed by atoms with Gasteiger partial charge in [-0.1, -0.05) is 30.3 Å². The summed E-state index contributed by atoms with van der Waals surface area (Å²) in [6.45, 7) is 3.04. The van der Waals surface area contributed by atoms with Gasteiger partial charge in [-0.3, -0.25) is 4.68 Å². The monoisotopic (exact) mass is 272 g/mol. The van der Waals surface area contributed by atoms with Gasteiger partial charge in [-0.2, -0.15) is 5.10 Å². The maximum absolute atomic E-state index is 5.65. The van der Waals surface area contributed by atoms with Crippen LogP contribution in [0.5, 0.6) is 0 Å². The fourth-order valence-corrected chi connectivity index (χ4v) is 2.41. The molecule has 0 amide bonds. The van der Waals surface area contributed by atoms with Crippen LogP contribution in [0, 0.1) is 0 Å². The zero-order valence-corrected chi connectivity index (χ0v) is 11.6. The van der Waals surface area contributed by atoms with Crippen molar-refractivity contribution in [1.29, 1.82) is 0 Å². The minimum atomic E-state index is 0.299. The quantitative estimate of drug-likeness (QED) is 0.759. The SMILES string of the molecule is c1ccc(-c2cnn(CCOC[C@H]3CCCO3)c2)cc1. The summed E-state index contributed by atoms with van der Waals surface area (Å²) < 4.78 is 13.1. The Morgan fingerprint density at radius 1 is 1.25 bits per heavy atom. The lowest BCUT2D eigenvalue weighted by atomic mass is 10.1. The lowest BCUT2D eigenvalue weighted by molar-refractivity contribution is 0.0142. The van der Waals surface area contributed by atoms with E-state index in [0.717, 1.165) is 31.6 Å². The molecule has 0 N–H and O–H groups in total. The van der Waals surface area contributed by atoms with E-state index in [9.17, 15) is 0 Å². The predicted molar refractivity (Wildman–Crippen MR) is 77.5 cm³/mol. The molecule has 0 spiro atoms. The maximum Gasteiger partial charge on any atom is 0.0809 e. The van der Waals surface area contributed by atoms with Crippen LogP contribution in [-0.4, -0.2) is 35.7 Å². The van der Waals surface area contributed by atoms with Crippen molar-refractivity contribution in [2.24, 2.45) is 0 Å². The van der Waals surface area contributed by atoms with Gasteiger partial charge in [0.1, 0.15) is 0 Å². The van der Waals surface area contributed by atoms with Crippen LogP contribution in [0.15, 0.2) is 42.7 Å². The highest BCUT2D eigenvalue weighted by Gasteiger charge is 2.14. The molecule has 1 aliphatic heterocycles. The minimum absolute atomic E-state index is 0.299. The van der Waals surface area contributed by atoms with E-state index in [1.54, 1.807) is 0 Å². The molecule has 1 aromatic heterocycles. The van der Waals surface area contributed by atoms with E-state index in [-0.39, 0.29) is 0 Å². The average Bonchev–Trinajstić information content (AvgIpc) is 3.16. The second-order valence-electron chi connectivity index (χ2n) is 5.07. The lowest BCUT2D eigenvalue weighted by Gasteiger charge is -2.09. The van der Waals surface area contributed by atoms with Crippen molar-refractivity contribution in [3.63, 3.8) is 0 Å². The van der Waals surface area contributed by atoms with Gasteiger partial charge in [0, 0.05) is 18.4 Å². The van der Waals surface area contributed by atoms with Crippen molar-refractivity contribution < 1.29 is 9.47 Å². The number of rotatable bonds is 6. The van der Waals surface area contributed by atoms with E-state index >= 15 is 0 Å². The molecule has 1 saturated heterocycles. The molecule has 0 saturated carbocycles. The number of ether oxygens (including phenoxy) is 2. The molecule has 1 aliphatic rings. The summed E-state index contributed by atoms with van der Waals surface area (Å²) >= 11 is 0. The van der Waals surface area contributed by atoms with E-state index < -0.39 is 0 Å². The van der Waals surface area contributed by atoms with Crippen LogP contribution >= 0.6 is 0 Å². The highest BCUT2D eigenvalue weighted by atomic mass is 16.5. The van der Waals surface area contributed by atoms with Gasteiger partial charge in [-0.05, 0) is 18.4 Å². The smallest absolute Gasteiger partial charge is 0.0809 e. The summed E-state index contributed by atoms with van der Waals surface area (Å²) in [5.74, 6) is 0. The summed E-state index contributed by atoms with van der Waals surface area (Å²) in [6, 6.07) is 10.3. The van der Waals surface area contributed by atoms with Crippen molar-refractivity contribution in [3.05, 3.63) is 42.7 Å². The Morgan fingerprint density at radius 2 is 2.15 bits per heavy atom. The standard InChI is InChI=1S/C16H20N2O2/c1-2-5-14(6-3-1)15-11-17-18(12-15)8-10-19-13-16-7-4-9-20-16/h1-3,5-6,11-12,16H,4,7-10,13H2/t16-/m1/s1. The normalized spacial score (nSPS) is 18.5. The lowest BCUT2D eigenvalue weighted by Crippen LogP contribution is -2.16. The molecule has 0 bridgehead atoms. The zero-order valence-electron chi connectivity index (χ0n) is 11.6. The van der Waals surface area contributed by atoms with Crippen LogP contribution in [0.1, 0.15) is 12.8 Å². The van der Waals surface area contributed by atoms with Crippen LogP contribution in [0.4, 0.5) is 0 Å². The van der Waals surface area contributed by atoms with Crippen molar-refractivity contribution in [3.8, 4) is 11.1 Å². The van der Waals surface area contributed by atoms with E-state index in [1.165, 1.54) is 5.56 Å². The highest BCUT2D eigenvalue weighted by molar-refractivity contribution is 5.61. The molecule has 3 rings (SSSR count). The largest absolute Gasteiger partial charge is 0.377 e. The third-order valence-electron chi connectivity index (χ3n) is 3.53. The molecule has 0 unspecified atom stereocenters. The third-order valence-corrected chi connectivity index (χ3v) is 3.53. The molecule has 0 aliphatic carbocycles. The first-order valence-corrected chi connectivity index (χ1v) is 7.19. The van der Waals surface area contributed by atoms with Gasteiger partial charge in [-0.25, -0.2) is 0 Å². The first kappa shape index (κ1) is 13.3. The second kappa shape index (κ2) is 6.68. The molecule has 0 radical (unpaired) electrons. The van der Waals surface area contributed by atoms with Gasteiger partial charge in [-0.15, -0.1) is 0 Å². The molecule has 2 aromatic rings. The number of hydrogen-bond acceptors (Lipinski definition) is 3. The van der Waals surface area contributed by atoms with Gasteiger partial charge in [0.05, 0.1) is 32.1 Å². The van der Waals surface area contributed by atoms with Crippen LogP contribution in [0.3, 0.4) is 0 Å². The van der Waals surface area contributed by atoms with Crippen molar-refractivity contribution in [1.82, 2.24) is 9.78 Å². The van der Waals surface area contributed by atoms with Gasteiger partial charge < -0.3 is 9.47 Å². The molecular formula is C16H20N2O2. The molecule has 1 atom stereocenters. The molecule has 1 fully saturated rings. The summed E-state index contributed by atoms with van der Waals surface area (Å²) in [6.07, 6.45) is 6.54. The Hall–Kier alpha value is -1.65. The molecule has 4 heteroatoms. The van der Waals surface area contributed by atoms with Gasteiger partial charge >= 0.3 is 0 Å². The highest BCUT2D eigenvalue weighted by Crippen LogP contribution is 2.17. The summed E-state index contributed by atoms with van der Waals surface area (Å²) in [5.41, 5.74) is 2.34. The third kappa shape index (κ3) is 3.46. The van der Waals surface area contributed by atoms with E-state index in [0.29, 0.717) is 19.3 Å². The first-order chi connectivity index (χ1) is 9.92. The summed E-state index contributed by atoms with van der Waals surface area (Å²) in [5, 5.41) is 4.37. The molecule has 4 nitrogen and oxygen atoms in total. The van der Waals surface area contributed by atoms with Crippen LogP contribution < -0.4 is 0 Å². The van der Waals surface area contributed by atoms with Crippen LogP contribution in [0.25, 0.3) is 11.1 Å². The fraction of sp³-hybridized carbons (Fsp3) is 0.438. The Bertz CT molecular complexity index is 518. The number of benzene rings is 1. The topological polar surface area (TPSA) is 36.3 Å². The molecular weight excluding hydrogens is 252 g/mol. The van der Waals surface area contributed by atoms with Crippen molar-refractivity contribution in [2.45, 2.75) is 25.5 Å². The van der Waals surface area contributed by atoms with Crippen LogP contribution in [0.2, 0.25) is 0 Å². The number of aromatic nitrogens is 2. The van der Waals surface area contributed by atoms with E-state index in [4.69, 9.17) is 9.47 Å². The molecule has 2 heterocycles. The fourth-order valence-electron chi connectivity index (χ4n) is 2.41. The van der Waals surface area contributed by atoms with E-state index in [1.807, 2.05) is 29.1 Å². The van der Waals surface area contributed by atoms with Crippen molar-refractivity contribution >= 4 is 0 Å². The first-order valence-electron chi connectivity index (χ1n) is 7.19.